The highest BCUT2D eigenvalue weighted by molar-refractivity contribution is 6.04. The van der Waals surface area contributed by atoms with Crippen LogP contribution in [0.2, 0.25) is 0 Å². The minimum atomic E-state index is -1.16. The van der Waals surface area contributed by atoms with Gasteiger partial charge in [-0.2, -0.15) is 5.26 Å². The van der Waals surface area contributed by atoms with E-state index in [-0.39, 0.29) is 39.4 Å². The second kappa shape index (κ2) is 6.66. The van der Waals surface area contributed by atoms with E-state index in [9.17, 15) is 20.0 Å². The third-order valence-corrected chi connectivity index (χ3v) is 10.8. The van der Waals surface area contributed by atoms with Gasteiger partial charge in [-0.1, -0.05) is 46.3 Å². The molecule has 32 heavy (non-hydrogen) atoms. The zero-order chi connectivity index (χ0) is 23.3. The maximum absolute atomic E-state index is 13.9. The van der Waals surface area contributed by atoms with Gasteiger partial charge in [0.1, 0.15) is 12.2 Å². The molecule has 1 N–H and O–H groups in total. The van der Waals surface area contributed by atoms with E-state index < -0.39 is 17.3 Å². The molecule has 0 heterocycles. The quantitative estimate of drug-likeness (QED) is 0.569. The van der Waals surface area contributed by atoms with Crippen molar-refractivity contribution in [3.63, 3.8) is 0 Å². The number of nitrogens with zero attached hydrogens (tertiary/aromatic N) is 1. The number of aliphatic hydroxyl groups excluding tert-OH is 1. The van der Waals surface area contributed by atoms with Gasteiger partial charge in [-0.3, -0.25) is 9.59 Å². The van der Waals surface area contributed by atoms with Gasteiger partial charge in [0, 0.05) is 17.3 Å². The van der Waals surface area contributed by atoms with E-state index in [1.165, 1.54) is 19.3 Å². The molecule has 5 aliphatic rings. The van der Waals surface area contributed by atoms with Crippen LogP contribution in [0.25, 0.3) is 0 Å². The van der Waals surface area contributed by atoms with E-state index in [0.29, 0.717) is 11.8 Å². The summed E-state index contributed by atoms with van der Waals surface area (Å²) < 4.78 is 0. The van der Waals surface area contributed by atoms with E-state index in [1.54, 1.807) is 6.08 Å². The van der Waals surface area contributed by atoms with Gasteiger partial charge < -0.3 is 5.11 Å². The van der Waals surface area contributed by atoms with E-state index >= 15 is 0 Å². The summed E-state index contributed by atoms with van der Waals surface area (Å²) in [6.07, 6.45) is 9.94. The Hall–Kier alpha value is -1.73. The molecule has 0 aromatic rings. The third kappa shape index (κ3) is 2.76. The molecule has 3 saturated carbocycles. The van der Waals surface area contributed by atoms with Crippen molar-refractivity contribution >= 4 is 11.6 Å². The second-order valence-electron chi connectivity index (χ2n) is 13.1. The van der Waals surface area contributed by atoms with Crippen molar-refractivity contribution in [2.45, 2.75) is 85.7 Å². The maximum Gasteiger partial charge on any atom is 0.201 e. The average molecular weight is 436 g/mol. The Bertz CT molecular complexity index is 999. The Balaban J connectivity index is 1.63. The molecule has 0 spiro atoms. The van der Waals surface area contributed by atoms with Gasteiger partial charge in [0.25, 0.3) is 0 Å². The van der Waals surface area contributed by atoms with Crippen LogP contribution in [-0.2, 0) is 9.59 Å². The van der Waals surface area contributed by atoms with Crippen molar-refractivity contribution in [2.24, 2.45) is 45.3 Å². The van der Waals surface area contributed by atoms with Crippen LogP contribution in [0, 0.1) is 56.7 Å². The second-order valence-corrected chi connectivity index (χ2v) is 13.1. The SMILES string of the molecule is CC1(C)CCC2(C)CCC3C(C(=O)C=C4C5(C)C=C(C#N)C(=O)C(O)C5CCC43C)C2C1. The molecular weight excluding hydrogens is 398 g/mol. The molecule has 0 aliphatic heterocycles. The number of carbonyl (C=O) groups excluding carboxylic acids is 2. The predicted octanol–water partition coefficient (Wildman–Crippen LogP) is 5.17. The van der Waals surface area contributed by atoms with Crippen molar-refractivity contribution in [3.8, 4) is 6.07 Å². The van der Waals surface area contributed by atoms with Gasteiger partial charge in [-0.15, -0.1) is 0 Å². The lowest BCUT2D eigenvalue weighted by molar-refractivity contribution is -0.146. The molecule has 172 valence electrons. The number of hydrogen-bond acceptors (Lipinski definition) is 4. The van der Waals surface area contributed by atoms with Crippen LogP contribution in [0.3, 0.4) is 0 Å². The smallest absolute Gasteiger partial charge is 0.201 e. The molecule has 0 aromatic heterocycles. The first-order valence-electron chi connectivity index (χ1n) is 12.5. The van der Waals surface area contributed by atoms with Crippen LogP contribution in [-0.4, -0.2) is 22.8 Å². The number of rotatable bonds is 0. The summed E-state index contributed by atoms with van der Waals surface area (Å²) in [6.45, 7) is 11.5. The molecule has 0 amide bonds. The molecular formula is C28H37NO3. The molecule has 0 bridgehead atoms. The van der Waals surface area contributed by atoms with Crippen LogP contribution in [0.5, 0.6) is 0 Å². The zero-order valence-corrected chi connectivity index (χ0v) is 20.2. The summed E-state index contributed by atoms with van der Waals surface area (Å²) >= 11 is 0. The first kappa shape index (κ1) is 22.1. The van der Waals surface area contributed by atoms with Gasteiger partial charge in [0.05, 0.1) is 5.57 Å². The lowest BCUT2D eigenvalue weighted by Gasteiger charge is -2.63. The maximum atomic E-state index is 13.9. The monoisotopic (exact) mass is 435 g/mol. The fraction of sp³-hybridized carbons (Fsp3) is 0.750. The van der Waals surface area contributed by atoms with Crippen LogP contribution in [0.15, 0.2) is 23.3 Å². The van der Waals surface area contributed by atoms with E-state index in [0.717, 1.165) is 31.3 Å². The van der Waals surface area contributed by atoms with Crippen LogP contribution < -0.4 is 0 Å². The standard InChI is InChI=1S/C28H37NO3/c1-25(2)10-11-26(3)8-6-17-22(19(26)14-25)20(30)12-21-27(17,4)9-7-18-24(32)23(31)16(15-29)13-28(18,21)5/h12-13,17-19,22,24,32H,6-11,14H2,1-5H3. The minimum Gasteiger partial charge on any atom is -0.385 e. The highest BCUT2D eigenvalue weighted by Gasteiger charge is 2.63. The molecule has 8 atom stereocenters. The topological polar surface area (TPSA) is 78.2 Å². The summed E-state index contributed by atoms with van der Waals surface area (Å²) in [4.78, 5) is 26.4. The summed E-state index contributed by atoms with van der Waals surface area (Å²) in [5.74, 6) is 0.304. The number of carbonyl (C=O) groups is 2. The van der Waals surface area contributed by atoms with Crippen molar-refractivity contribution in [1.29, 1.82) is 5.26 Å². The number of ketones is 2. The van der Waals surface area contributed by atoms with Crippen molar-refractivity contribution in [1.82, 2.24) is 0 Å². The molecule has 8 unspecified atom stereocenters. The predicted molar refractivity (Wildman–Crippen MR) is 122 cm³/mol. The molecule has 0 saturated heterocycles. The van der Waals surface area contributed by atoms with Gasteiger partial charge >= 0.3 is 0 Å². The first-order chi connectivity index (χ1) is 14.9. The number of aliphatic hydroxyl groups is 1. The Morgan fingerprint density at radius 3 is 2.34 bits per heavy atom. The number of Topliss-reactive ketones (excluding diaryl/α,β-unsaturated/α-hetero) is 1. The van der Waals surface area contributed by atoms with Crippen molar-refractivity contribution in [2.75, 3.05) is 0 Å². The van der Waals surface area contributed by atoms with Crippen LogP contribution in [0.4, 0.5) is 0 Å². The normalized spacial score (nSPS) is 49.5. The molecule has 0 radical (unpaired) electrons. The molecule has 0 aromatic carbocycles. The number of hydrogen-bond donors (Lipinski definition) is 1. The molecule has 4 nitrogen and oxygen atoms in total. The average Bonchev–Trinajstić information content (AvgIpc) is 2.72. The summed E-state index contributed by atoms with van der Waals surface area (Å²) in [6, 6.07) is 2.01. The Morgan fingerprint density at radius 2 is 1.66 bits per heavy atom. The lowest BCUT2D eigenvalue weighted by atomic mass is 9.40. The number of nitriles is 1. The van der Waals surface area contributed by atoms with Crippen molar-refractivity contribution in [3.05, 3.63) is 23.3 Å². The Labute approximate surface area is 192 Å². The van der Waals surface area contributed by atoms with Crippen molar-refractivity contribution < 1.29 is 14.7 Å². The molecule has 3 fully saturated rings. The molecule has 5 aliphatic carbocycles. The highest BCUT2D eigenvalue weighted by Crippen LogP contribution is 2.68. The van der Waals surface area contributed by atoms with Crippen LogP contribution >= 0.6 is 0 Å². The van der Waals surface area contributed by atoms with Crippen LogP contribution in [0.1, 0.15) is 79.6 Å². The Morgan fingerprint density at radius 1 is 0.969 bits per heavy atom. The Kier molecular flexibility index (Phi) is 4.59. The van der Waals surface area contributed by atoms with Gasteiger partial charge in [-0.25, -0.2) is 0 Å². The van der Waals surface area contributed by atoms with E-state index in [2.05, 4.69) is 27.7 Å². The van der Waals surface area contributed by atoms with E-state index in [4.69, 9.17) is 0 Å². The summed E-state index contributed by atoms with van der Waals surface area (Å²) in [7, 11) is 0. The molecule has 4 heteroatoms. The number of allylic oxidation sites excluding steroid dienone is 3. The lowest BCUT2D eigenvalue weighted by Crippen LogP contribution is -2.59. The fourth-order valence-corrected chi connectivity index (χ4v) is 8.80. The summed E-state index contributed by atoms with van der Waals surface area (Å²) in [5, 5.41) is 20.4. The van der Waals surface area contributed by atoms with E-state index in [1.807, 2.05) is 19.1 Å². The fourth-order valence-electron chi connectivity index (χ4n) is 8.80. The van der Waals surface area contributed by atoms with Gasteiger partial charge in [0.2, 0.25) is 5.78 Å². The third-order valence-electron chi connectivity index (χ3n) is 10.8. The van der Waals surface area contributed by atoms with Gasteiger partial charge in [0.15, 0.2) is 5.78 Å². The zero-order valence-electron chi connectivity index (χ0n) is 20.2. The molecule has 5 rings (SSSR count). The number of fused-ring (bicyclic) bond motifs is 7. The largest absolute Gasteiger partial charge is 0.385 e. The highest BCUT2D eigenvalue weighted by atomic mass is 16.3. The first-order valence-corrected chi connectivity index (χ1v) is 12.5. The minimum absolute atomic E-state index is 0.0428. The van der Waals surface area contributed by atoms with Gasteiger partial charge in [-0.05, 0) is 79.1 Å². The summed E-state index contributed by atoms with van der Waals surface area (Å²) in [5.41, 5.74) is 0.865.